The maximum atomic E-state index is 9.67. The van der Waals surface area contributed by atoms with Gasteiger partial charge in [-0.15, -0.1) is 5.10 Å². The Morgan fingerprint density at radius 1 is 1.04 bits per heavy atom. The van der Waals surface area contributed by atoms with Crippen LogP contribution in [0.15, 0.2) is 49.4 Å². The van der Waals surface area contributed by atoms with E-state index < -0.39 is 0 Å². The molecule has 4 aromatic rings. The van der Waals surface area contributed by atoms with Gasteiger partial charge in [-0.25, -0.2) is 19.6 Å². The quantitative estimate of drug-likeness (QED) is 0.204. The number of anilines is 2. The Balaban J connectivity index is 1.14. The molecule has 1 saturated carbocycles. The van der Waals surface area contributed by atoms with Crippen molar-refractivity contribution in [2.24, 2.45) is 5.92 Å². The molecule has 0 amide bonds. The van der Waals surface area contributed by atoms with Crippen LogP contribution in [0, 0.1) is 17.2 Å². The topological polar surface area (TPSA) is 150 Å². The number of methoxy groups -OCH3 is 1. The zero-order valence-electron chi connectivity index (χ0n) is 27.9. The lowest BCUT2D eigenvalue weighted by Crippen LogP contribution is -2.45. The molecule has 3 aromatic heterocycles. The Morgan fingerprint density at radius 3 is 2.52 bits per heavy atom. The summed E-state index contributed by atoms with van der Waals surface area (Å²) in [5.41, 5.74) is 2.79. The second-order valence-electron chi connectivity index (χ2n) is 12.6. The van der Waals surface area contributed by atoms with Crippen molar-refractivity contribution in [1.82, 2.24) is 39.4 Å². The Kier molecular flexibility index (Phi) is 11.1. The van der Waals surface area contributed by atoms with Crippen molar-refractivity contribution in [2.45, 2.75) is 64.3 Å². The third-order valence-electron chi connectivity index (χ3n) is 8.83. The number of nitriles is 1. The van der Waals surface area contributed by atoms with E-state index in [4.69, 9.17) is 24.0 Å². The Labute approximate surface area is 281 Å². The standard InChI is InChI=1S/C34H44N10O4/c1-24(20-45-3)21-47-33-31(19-44(41-33)30-8-6-29(7-9-30)42-10-12-46-13-11-42)40-34-37-16-28(17-38-34)26-4-5-27(15-35)32(14-26)48-25(2)18-43-23-36-22-39-43/h4-5,14,16-17,19,22-25,29-30H,6-13,18,20-21H2,1-3H3,(H,37,38,40)/t24?,25-,29-,30-/m0/s1. The van der Waals surface area contributed by atoms with Crippen LogP contribution in [0.3, 0.4) is 0 Å². The van der Waals surface area contributed by atoms with E-state index in [1.807, 2.05) is 29.9 Å². The van der Waals surface area contributed by atoms with E-state index in [-0.39, 0.29) is 12.0 Å². The Bertz CT molecular complexity index is 1620. The summed E-state index contributed by atoms with van der Waals surface area (Å²) in [4.78, 5) is 15.8. The normalized spacial score (nSPS) is 19.7. The van der Waals surface area contributed by atoms with Gasteiger partial charge in [0.15, 0.2) is 0 Å². The van der Waals surface area contributed by atoms with Gasteiger partial charge in [-0.2, -0.15) is 10.4 Å². The molecule has 48 heavy (non-hydrogen) atoms. The summed E-state index contributed by atoms with van der Waals surface area (Å²) in [6.45, 7) is 9.28. The molecule has 4 heterocycles. The number of aromatic nitrogens is 7. The van der Waals surface area contributed by atoms with Crippen LogP contribution < -0.4 is 14.8 Å². The second kappa shape index (κ2) is 16.0. The van der Waals surface area contributed by atoms with Crippen LogP contribution >= 0.6 is 0 Å². The first kappa shape index (κ1) is 33.3. The molecule has 1 aliphatic carbocycles. The third-order valence-corrected chi connectivity index (χ3v) is 8.83. The van der Waals surface area contributed by atoms with E-state index in [1.54, 1.807) is 36.6 Å². The van der Waals surface area contributed by atoms with E-state index in [9.17, 15) is 5.26 Å². The van der Waals surface area contributed by atoms with Gasteiger partial charge in [-0.1, -0.05) is 13.0 Å². The molecule has 1 N–H and O–H groups in total. The van der Waals surface area contributed by atoms with Gasteiger partial charge in [-0.3, -0.25) is 9.58 Å². The summed E-state index contributed by atoms with van der Waals surface area (Å²) in [6, 6.07) is 8.57. The zero-order valence-corrected chi connectivity index (χ0v) is 27.9. The highest BCUT2D eigenvalue weighted by Gasteiger charge is 2.29. The van der Waals surface area contributed by atoms with Crippen molar-refractivity contribution in [3.8, 4) is 28.8 Å². The maximum Gasteiger partial charge on any atom is 0.256 e. The highest BCUT2D eigenvalue weighted by Crippen LogP contribution is 2.35. The van der Waals surface area contributed by atoms with E-state index in [0.717, 1.165) is 68.8 Å². The molecule has 0 radical (unpaired) electrons. The fourth-order valence-corrected chi connectivity index (χ4v) is 6.34. The molecule has 254 valence electrons. The van der Waals surface area contributed by atoms with Crippen LogP contribution in [0.25, 0.3) is 11.1 Å². The average Bonchev–Trinajstić information content (AvgIpc) is 3.78. The molecule has 0 spiro atoms. The van der Waals surface area contributed by atoms with E-state index in [1.165, 1.54) is 6.33 Å². The van der Waals surface area contributed by atoms with Crippen LogP contribution in [0.5, 0.6) is 11.6 Å². The Hall–Kier alpha value is -4.58. The predicted octanol–water partition coefficient (Wildman–Crippen LogP) is 4.49. The molecule has 1 saturated heterocycles. The summed E-state index contributed by atoms with van der Waals surface area (Å²) in [5.74, 6) is 1.64. The zero-order chi connectivity index (χ0) is 33.3. The lowest BCUT2D eigenvalue weighted by molar-refractivity contribution is 0.00502. The van der Waals surface area contributed by atoms with Gasteiger partial charge in [0.2, 0.25) is 5.95 Å². The summed E-state index contributed by atoms with van der Waals surface area (Å²) < 4.78 is 26.9. The van der Waals surface area contributed by atoms with Crippen LogP contribution in [-0.2, 0) is 16.0 Å². The molecule has 2 aliphatic rings. The molecule has 1 aromatic carbocycles. The highest BCUT2D eigenvalue weighted by molar-refractivity contribution is 5.67. The van der Waals surface area contributed by atoms with E-state index >= 15 is 0 Å². The number of nitrogens with zero attached hydrogens (tertiary/aromatic N) is 9. The van der Waals surface area contributed by atoms with Gasteiger partial charge < -0.3 is 24.3 Å². The van der Waals surface area contributed by atoms with Crippen molar-refractivity contribution >= 4 is 11.6 Å². The molecule has 2 atom stereocenters. The second-order valence-corrected chi connectivity index (χ2v) is 12.6. The number of nitrogens with one attached hydrogen (secondary N) is 1. The molecule has 1 unspecified atom stereocenters. The Morgan fingerprint density at radius 2 is 1.81 bits per heavy atom. The minimum atomic E-state index is -0.230. The van der Waals surface area contributed by atoms with Gasteiger partial charge in [-0.05, 0) is 50.3 Å². The monoisotopic (exact) mass is 656 g/mol. The lowest BCUT2D eigenvalue weighted by Gasteiger charge is -2.38. The van der Waals surface area contributed by atoms with Gasteiger partial charge in [0.05, 0.1) is 50.8 Å². The fraction of sp³-hybridized carbons (Fsp3) is 0.529. The van der Waals surface area contributed by atoms with E-state index in [2.05, 4.69) is 43.3 Å². The number of hydrogen-bond donors (Lipinski definition) is 1. The molecule has 2 fully saturated rings. The van der Waals surface area contributed by atoms with Crippen molar-refractivity contribution in [1.29, 1.82) is 5.26 Å². The summed E-state index contributed by atoms with van der Waals surface area (Å²) in [5, 5.41) is 22.0. The predicted molar refractivity (Wildman–Crippen MR) is 178 cm³/mol. The summed E-state index contributed by atoms with van der Waals surface area (Å²) >= 11 is 0. The summed E-state index contributed by atoms with van der Waals surface area (Å²) in [6.07, 6.45) is 12.8. The van der Waals surface area contributed by atoms with Crippen LogP contribution in [0.1, 0.15) is 51.1 Å². The smallest absolute Gasteiger partial charge is 0.256 e. The van der Waals surface area contributed by atoms with Gasteiger partial charge in [0.25, 0.3) is 5.88 Å². The maximum absolute atomic E-state index is 9.67. The lowest BCUT2D eigenvalue weighted by atomic mass is 9.90. The minimum absolute atomic E-state index is 0.208. The molecule has 1 aliphatic heterocycles. The number of ether oxygens (including phenoxy) is 4. The minimum Gasteiger partial charge on any atom is -0.487 e. The first-order chi connectivity index (χ1) is 23.5. The molecular formula is C34H44N10O4. The first-order valence-corrected chi connectivity index (χ1v) is 16.6. The van der Waals surface area contributed by atoms with Crippen LogP contribution in [-0.4, -0.2) is 98.2 Å². The van der Waals surface area contributed by atoms with Gasteiger partial charge in [0, 0.05) is 50.1 Å². The number of morpholine rings is 1. The van der Waals surface area contributed by atoms with Crippen LogP contribution in [0.4, 0.5) is 11.6 Å². The molecular weight excluding hydrogens is 612 g/mol. The molecule has 6 rings (SSSR count). The third kappa shape index (κ3) is 8.46. The number of rotatable bonds is 14. The van der Waals surface area contributed by atoms with Crippen LogP contribution in [0.2, 0.25) is 0 Å². The SMILES string of the molecule is COCC(C)COc1nn([C@H]2CC[C@H](N3CCOCC3)CC2)cc1Nc1ncc(-c2ccc(C#N)c(O[C@@H](C)Cn3cncn3)c2)cn1. The summed E-state index contributed by atoms with van der Waals surface area (Å²) in [7, 11) is 1.69. The van der Waals surface area contributed by atoms with Gasteiger partial charge >= 0.3 is 0 Å². The molecule has 14 heteroatoms. The van der Waals surface area contributed by atoms with Crippen molar-refractivity contribution < 1.29 is 18.9 Å². The molecule has 0 bridgehead atoms. The van der Waals surface area contributed by atoms with Crippen molar-refractivity contribution in [3.63, 3.8) is 0 Å². The largest absolute Gasteiger partial charge is 0.487 e. The average molecular weight is 657 g/mol. The van der Waals surface area contributed by atoms with E-state index in [0.29, 0.717) is 55.0 Å². The first-order valence-electron chi connectivity index (χ1n) is 16.6. The number of benzene rings is 1. The number of hydrogen-bond acceptors (Lipinski definition) is 12. The van der Waals surface area contributed by atoms with Crippen molar-refractivity contribution in [3.05, 3.63) is 55.0 Å². The highest BCUT2D eigenvalue weighted by atomic mass is 16.5. The van der Waals surface area contributed by atoms with Gasteiger partial charge in [0.1, 0.15) is 36.3 Å². The van der Waals surface area contributed by atoms with Crippen molar-refractivity contribution in [2.75, 3.05) is 51.9 Å². The molecule has 14 nitrogen and oxygen atoms in total. The fourth-order valence-electron chi connectivity index (χ4n) is 6.34.